The van der Waals surface area contributed by atoms with E-state index in [-0.39, 0.29) is 5.92 Å². The van der Waals surface area contributed by atoms with Gasteiger partial charge in [0.05, 0.1) is 0 Å². The molecule has 0 N–H and O–H groups in total. The lowest BCUT2D eigenvalue weighted by atomic mass is 9.97. The van der Waals surface area contributed by atoms with Gasteiger partial charge in [0.2, 0.25) is 0 Å². The predicted molar refractivity (Wildman–Crippen MR) is 52.1 cm³/mol. The molecule has 0 spiro atoms. The molecule has 0 fully saturated rings. The van der Waals surface area contributed by atoms with Crippen molar-refractivity contribution in [1.82, 2.24) is 0 Å². The van der Waals surface area contributed by atoms with Crippen molar-refractivity contribution in [3.63, 3.8) is 0 Å². The van der Waals surface area contributed by atoms with Crippen LogP contribution in [0.25, 0.3) is 0 Å². The topological polar surface area (TPSA) is 40.1 Å². The lowest BCUT2D eigenvalue weighted by Gasteiger charge is -2.16. The Balaban J connectivity index is 3.56. The number of carbonyl (C=O) groups excluding carboxylic acids is 1. The molecule has 2 heteroatoms. The summed E-state index contributed by atoms with van der Waals surface area (Å²) < 4.78 is 0. The minimum Gasteiger partial charge on any atom is -0.550 e. The van der Waals surface area contributed by atoms with Gasteiger partial charge >= 0.3 is 0 Å². The van der Waals surface area contributed by atoms with Crippen LogP contribution in [-0.4, -0.2) is 5.97 Å². The zero-order valence-corrected chi connectivity index (χ0v) is 8.42. The molecule has 0 aromatic heterocycles. The van der Waals surface area contributed by atoms with Crippen molar-refractivity contribution in [3.8, 4) is 0 Å². The van der Waals surface area contributed by atoms with Gasteiger partial charge in [0.1, 0.15) is 0 Å². The fourth-order valence-corrected chi connectivity index (χ4v) is 1.41. The maximum Gasteiger partial charge on any atom is 0.0445 e. The van der Waals surface area contributed by atoms with Gasteiger partial charge in [-0.25, -0.2) is 0 Å². The highest BCUT2D eigenvalue weighted by molar-refractivity contribution is 5.67. The van der Waals surface area contributed by atoms with Crippen molar-refractivity contribution in [2.75, 3.05) is 0 Å². The Morgan fingerprint density at radius 2 is 2.15 bits per heavy atom. The molecule has 0 saturated carbocycles. The van der Waals surface area contributed by atoms with E-state index in [9.17, 15) is 9.90 Å². The Morgan fingerprint density at radius 3 is 2.62 bits per heavy atom. The fourth-order valence-electron chi connectivity index (χ4n) is 1.41. The van der Waals surface area contributed by atoms with Gasteiger partial charge in [-0.1, -0.05) is 25.8 Å². The number of carboxylic acids is 1. The average molecular weight is 183 g/mol. The number of carboxylic acid groups (broad SMARTS) is 1. The second-order valence-electron chi connectivity index (χ2n) is 3.38. The van der Waals surface area contributed by atoms with Gasteiger partial charge in [0.25, 0.3) is 0 Å². The van der Waals surface area contributed by atoms with E-state index >= 15 is 0 Å². The number of aliphatic carboxylic acids is 1. The molecule has 2 nitrogen and oxygen atoms in total. The molecule has 1 unspecified atom stereocenters. The Hall–Kier alpha value is -0.790. The first-order valence-electron chi connectivity index (χ1n) is 5.04. The van der Waals surface area contributed by atoms with Crippen LogP contribution < -0.4 is 5.11 Å². The van der Waals surface area contributed by atoms with Crippen LogP contribution >= 0.6 is 0 Å². The molecule has 0 radical (unpaired) electrons. The van der Waals surface area contributed by atoms with Crippen LogP contribution in [0.1, 0.15) is 45.4 Å². The second-order valence-corrected chi connectivity index (χ2v) is 3.38. The van der Waals surface area contributed by atoms with Crippen LogP contribution in [0.15, 0.2) is 12.7 Å². The van der Waals surface area contributed by atoms with Gasteiger partial charge in [0.15, 0.2) is 0 Å². The van der Waals surface area contributed by atoms with Crippen LogP contribution in [0.3, 0.4) is 0 Å². The first-order valence-corrected chi connectivity index (χ1v) is 5.04. The lowest BCUT2D eigenvalue weighted by Crippen LogP contribution is -2.31. The number of hydrogen-bond acceptors (Lipinski definition) is 2. The molecule has 0 bridgehead atoms. The molecular formula is C11H19O2-. The van der Waals surface area contributed by atoms with E-state index in [1.165, 1.54) is 0 Å². The van der Waals surface area contributed by atoms with E-state index in [4.69, 9.17) is 0 Å². The van der Waals surface area contributed by atoms with E-state index in [1.54, 1.807) is 0 Å². The van der Waals surface area contributed by atoms with Gasteiger partial charge in [-0.3, -0.25) is 0 Å². The summed E-state index contributed by atoms with van der Waals surface area (Å²) >= 11 is 0. The van der Waals surface area contributed by atoms with Crippen LogP contribution in [-0.2, 0) is 4.79 Å². The van der Waals surface area contributed by atoms with Crippen LogP contribution in [0.5, 0.6) is 0 Å². The summed E-state index contributed by atoms with van der Waals surface area (Å²) in [6.07, 6.45) is 7.27. The monoisotopic (exact) mass is 183 g/mol. The lowest BCUT2D eigenvalue weighted by molar-refractivity contribution is -0.312. The van der Waals surface area contributed by atoms with Gasteiger partial charge in [-0.05, 0) is 31.6 Å². The molecule has 0 amide bonds. The van der Waals surface area contributed by atoms with Gasteiger partial charge in [0, 0.05) is 5.97 Å². The predicted octanol–water partition coefficient (Wildman–Crippen LogP) is 1.90. The van der Waals surface area contributed by atoms with Crippen molar-refractivity contribution in [1.29, 1.82) is 0 Å². The summed E-state index contributed by atoms with van der Waals surface area (Å²) in [6.45, 7) is 5.62. The highest BCUT2D eigenvalue weighted by Gasteiger charge is 2.07. The number of unbranched alkanes of at least 4 members (excludes halogenated alkanes) is 2. The van der Waals surface area contributed by atoms with Crippen LogP contribution in [0, 0.1) is 5.92 Å². The maximum atomic E-state index is 10.6. The molecule has 0 aromatic carbocycles. The average Bonchev–Trinajstić information content (AvgIpc) is 2.10. The molecule has 0 aliphatic rings. The van der Waals surface area contributed by atoms with E-state index < -0.39 is 5.97 Å². The highest BCUT2D eigenvalue weighted by atomic mass is 16.4. The SMILES string of the molecule is C=CCCCCC(CCC)C(=O)[O-]. The molecule has 0 aliphatic carbocycles. The number of rotatable bonds is 8. The zero-order chi connectivity index (χ0) is 10.1. The van der Waals surface area contributed by atoms with Crippen LogP contribution in [0.4, 0.5) is 0 Å². The maximum absolute atomic E-state index is 10.6. The number of hydrogen-bond donors (Lipinski definition) is 0. The molecule has 0 heterocycles. The van der Waals surface area contributed by atoms with Gasteiger partial charge < -0.3 is 9.90 Å². The summed E-state index contributed by atoms with van der Waals surface area (Å²) in [7, 11) is 0. The zero-order valence-electron chi connectivity index (χ0n) is 8.42. The smallest absolute Gasteiger partial charge is 0.0445 e. The molecule has 0 aromatic rings. The molecule has 0 aliphatic heterocycles. The normalized spacial score (nSPS) is 12.4. The fraction of sp³-hybridized carbons (Fsp3) is 0.727. The van der Waals surface area contributed by atoms with E-state index in [1.807, 2.05) is 13.0 Å². The molecular weight excluding hydrogens is 164 g/mol. The first kappa shape index (κ1) is 12.2. The summed E-state index contributed by atoms with van der Waals surface area (Å²) in [5.74, 6) is -1.13. The third-order valence-electron chi connectivity index (χ3n) is 2.18. The van der Waals surface area contributed by atoms with E-state index in [2.05, 4.69) is 6.58 Å². The summed E-state index contributed by atoms with van der Waals surface area (Å²) in [6, 6.07) is 0. The quantitative estimate of drug-likeness (QED) is 0.426. The molecule has 13 heavy (non-hydrogen) atoms. The Labute approximate surface area is 80.7 Å². The first-order chi connectivity index (χ1) is 6.22. The minimum absolute atomic E-state index is 0.241. The Bertz CT molecular complexity index is 152. The van der Waals surface area contributed by atoms with Crippen molar-refractivity contribution in [3.05, 3.63) is 12.7 Å². The van der Waals surface area contributed by atoms with Crippen molar-refractivity contribution >= 4 is 5.97 Å². The highest BCUT2D eigenvalue weighted by Crippen LogP contribution is 2.14. The van der Waals surface area contributed by atoms with E-state index in [0.717, 1.165) is 38.5 Å². The largest absolute Gasteiger partial charge is 0.550 e. The number of allylic oxidation sites excluding steroid dienone is 1. The van der Waals surface area contributed by atoms with Crippen molar-refractivity contribution in [2.24, 2.45) is 5.92 Å². The Morgan fingerprint density at radius 1 is 1.46 bits per heavy atom. The van der Waals surface area contributed by atoms with Crippen molar-refractivity contribution < 1.29 is 9.90 Å². The number of carbonyl (C=O) groups is 1. The van der Waals surface area contributed by atoms with E-state index in [0.29, 0.717) is 0 Å². The Kier molecular flexibility index (Phi) is 7.36. The second kappa shape index (κ2) is 7.84. The summed E-state index contributed by atoms with van der Waals surface area (Å²) in [5.41, 5.74) is 0. The summed E-state index contributed by atoms with van der Waals surface area (Å²) in [4.78, 5) is 10.6. The third-order valence-corrected chi connectivity index (χ3v) is 2.18. The summed E-state index contributed by atoms with van der Waals surface area (Å²) in [5, 5.41) is 10.6. The standard InChI is InChI=1S/C11H20O2/c1-3-5-6-7-9-10(8-4-2)11(12)13/h3,10H,1,4-9H2,2H3,(H,12,13)/p-1. The molecule has 1 atom stereocenters. The van der Waals surface area contributed by atoms with Crippen LogP contribution in [0.2, 0.25) is 0 Å². The van der Waals surface area contributed by atoms with Gasteiger partial charge in [-0.15, -0.1) is 6.58 Å². The van der Waals surface area contributed by atoms with Gasteiger partial charge in [-0.2, -0.15) is 0 Å². The van der Waals surface area contributed by atoms with Crippen molar-refractivity contribution in [2.45, 2.75) is 45.4 Å². The third kappa shape index (κ3) is 6.38. The molecule has 76 valence electrons. The molecule has 0 saturated heterocycles. The minimum atomic E-state index is -0.888. The molecule has 0 rings (SSSR count).